The fourth-order valence-corrected chi connectivity index (χ4v) is 3.13. The highest BCUT2D eigenvalue weighted by molar-refractivity contribution is 7.22. The first-order chi connectivity index (χ1) is 7.72. The Kier molecular flexibility index (Phi) is 3.48. The van der Waals surface area contributed by atoms with Gasteiger partial charge < -0.3 is 4.74 Å². The third kappa shape index (κ3) is 2.21. The summed E-state index contributed by atoms with van der Waals surface area (Å²) < 4.78 is 5.04. The standard InChI is InChI=1S/C11H11NO2S2/c1-7(13)10-8(6-14-2)12-11(16-10)9-4-3-5-15-9/h3-5H,6H2,1-2H3. The molecular formula is C11H11NO2S2. The lowest BCUT2D eigenvalue weighted by molar-refractivity contribution is 0.101. The zero-order valence-electron chi connectivity index (χ0n) is 9.02. The van der Waals surface area contributed by atoms with Crippen LogP contribution in [-0.2, 0) is 11.3 Å². The first-order valence-corrected chi connectivity index (χ1v) is 6.45. The minimum absolute atomic E-state index is 0.0485. The summed E-state index contributed by atoms with van der Waals surface area (Å²) >= 11 is 3.06. The van der Waals surface area contributed by atoms with Gasteiger partial charge in [-0.3, -0.25) is 4.79 Å². The van der Waals surface area contributed by atoms with Crippen molar-refractivity contribution in [1.29, 1.82) is 0 Å². The van der Waals surface area contributed by atoms with Crippen molar-refractivity contribution in [3.63, 3.8) is 0 Å². The fraction of sp³-hybridized carbons (Fsp3) is 0.273. The molecule has 0 spiro atoms. The van der Waals surface area contributed by atoms with Gasteiger partial charge in [-0.1, -0.05) is 6.07 Å². The number of Topliss-reactive ketones (excluding diaryl/α,β-unsaturated/α-hetero) is 1. The lowest BCUT2D eigenvalue weighted by Crippen LogP contribution is -1.97. The molecule has 84 valence electrons. The number of thiophene rings is 1. The summed E-state index contributed by atoms with van der Waals surface area (Å²) in [6.45, 7) is 1.95. The average Bonchev–Trinajstić information content (AvgIpc) is 2.83. The second-order valence-corrected chi connectivity index (χ2v) is 5.21. The number of ether oxygens (including phenoxy) is 1. The Labute approximate surface area is 102 Å². The SMILES string of the molecule is COCc1nc(-c2cccs2)sc1C(C)=O. The van der Waals surface area contributed by atoms with E-state index in [0.717, 1.165) is 15.6 Å². The van der Waals surface area contributed by atoms with Gasteiger partial charge in [0.25, 0.3) is 0 Å². The first kappa shape index (κ1) is 11.4. The highest BCUT2D eigenvalue weighted by Gasteiger charge is 2.15. The zero-order valence-corrected chi connectivity index (χ0v) is 10.7. The molecule has 16 heavy (non-hydrogen) atoms. The van der Waals surface area contributed by atoms with Gasteiger partial charge in [-0.2, -0.15) is 0 Å². The molecule has 2 aromatic rings. The van der Waals surface area contributed by atoms with E-state index in [4.69, 9.17) is 4.74 Å². The Bertz CT molecular complexity index is 488. The lowest BCUT2D eigenvalue weighted by Gasteiger charge is -1.95. The minimum atomic E-state index is 0.0485. The summed E-state index contributed by atoms with van der Waals surface area (Å²) in [5, 5.41) is 2.90. The van der Waals surface area contributed by atoms with Crippen molar-refractivity contribution in [1.82, 2.24) is 4.98 Å². The molecule has 0 saturated heterocycles. The summed E-state index contributed by atoms with van der Waals surface area (Å²) in [4.78, 5) is 17.7. The van der Waals surface area contributed by atoms with Crippen molar-refractivity contribution < 1.29 is 9.53 Å². The van der Waals surface area contributed by atoms with Crippen molar-refractivity contribution >= 4 is 28.5 Å². The third-order valence-corrected chi connectivity index (χ3v) is 4.27. The van der Waals surface area contributed by atoms with E-state index >= 15 is 0 Å². The van der Waals surface area contributed by atoms with Crippen molar-refractivity contribution in [3.05, 3.63) is 28.1 Å². The number of carbonyl (C=O) groups is 1. The number of ketones is 1. The summed E-state index contributed by atoms with van der Waals surface area (Å²) in [5.74, 6) is 0.0485. The molecule has 3 nitrogen and oxygen atoms in total. The maximum Gasteiger partial charge on any atom is 0.171 e. The van der Waals surface area contributed by atoms with Crippen LogP contribution >= 0.6 is 22.7 Å². The number of thiazole rings is 1. The van der Waals surface area contributed by atoms with Gasteiger partial charge in [-0.15, -0.1) is 22.7 Å². The monoisotopic (exact) mass is 253 g/mol. The van der Waals surface area contributed by atoms with Gasteiger partial charge in [0.15, 0.2) is 5.78 Å². The second-order valence-electron chi connectivity index (χ2n) is 3.26. The van der Waals surface area contributed by atoms with Gasteiger partial charge >= 0.3 is 0 Å². The van der Waals surface area contributed by atoms with Crippen LogP contribution in [0.25, 0.3) is 9.88 Å². The molecule has 0 aliphatic rings. The Morgan fingerprint density at radius 2 is 2.38 bits per heavy atom. The number of methoxy groups -OCH3 is 1. The predicted molar refractivity (Wildman–Crippen MR) is 66.1 cm³/mol. The molecule has 0 atom stereocenters. The van der Waals surface area contributed by atoms with Crippen LogP contribution in [0.15, 0.2) is 17.5 Å². The van der Waals surface area contributed by atoms with Crippen molar-refractivity contribution in [2.45, 2.75) is 13.5 Å². The van der Waals surface area contributed by atoms with Crippen molar-refractivity contribution in [2.75, 3.05) is 7.11 Å². The van der Waals surface area contributed by atoms with Crippen LogP contribution in [-0.4, -0.2) is 17.9 Å². The summed E-state index contributed by atoms with van der Waals surface area (Å²) in [7, 11) is 1.61. The molecule has 0 amide bonds. The smallest absolute Gasteiger partial charge is 0.171 e. The molecule has 0 N–H and O–H groups in total. The number of carbonyl (C=O) groups excluding carboxylic acids is 1. The zero-order chi connectivity index (χ0) is 11.5. The predicted octanol–water partition coefficient (Wildman–Crippen LogP) is 3.22. The van der Waals surface area contributed by atoms with Crippen LogP contribution in [0.2, 0.25) is 0 Å². The van der Waals surface area contributed by atoms with E-state index < -0.39 is 0 Å². The summed E-state index contributed by atoms with van der Waals surface area (Å²) in [6.07, 6.45) is 0. The molecule has 0 radical (unpaired) electrons. The fourth-order valence-electron chi connectivity index (χ4n) is 1.37. The molecule has 0 bridgehead atoms. The van der Waals surface area contributed by atoms with Gasteiger partial charge in [0, 0.05) is 14.0 Å². The topological polar surface area (TPSA) is 39.2 Å². The maximum atomic E-state index is 11.4. The second kappa shape index (κ2) is 4.86. The highest BCUT2D eigenvalue weighted by Crippen LogP contribution is 2.31. The molecule has 2 rings (SSSR count). The molecule has 0 aromatic carbocycles. The number of hydrogen-bond acceptors (Lipinski definition) is 5. The van der Waals surface area contributed by atoms with E-state index in [2.05, 4.69) is 4.98 Å². The first-order valence-electron chi connectivity index (χ1n) is 4.76. The van der Waals surface area contributed by atoms with Crippen molar-refractivity contribution in [3.8, 4) is 9.88 Å². The molecule has 0 saturated carbocycles. The molecule has 2 heterocycles. The normalized spacial score (nSPS) is 10.6. The van der Waals surface area contributed by atoms with Gasteiger partial charge in [0.1, 0.15) is 5.01 Å². The molecular weight excluding hydrogens is 242 g/mol. The number of aromatic nitrogens is 1. The van der Waals surface area contributed by atoms with E-state index in [1.807, 2.05) is 17.5 Å². The van der Waals surface area contributed by atoms with Gasteiger partial charge in [-0.05, 0) is 11.4 Å². The van der Waals surface area contributed by atoms with Gasteiger partial charge in [0.05, 0.1) is 22.1 Å². The van der Waals surface area contributed by atoms with E-state index in [9.17, 15) is 4.79 Å². The quantitative estimate of drug-likeness (QED) is 0.785. The van der Waals surface area contributed by atoms with Crippen LogP contribution in [0.3, 0.4) is 0 Å². The van der Waals surface area contributed by atoms with E-state index in [1.165, 1.54) is 11.3 Å². The summed E-state index contributed by atoms with van der Waals surface area (Å²) in [5.41, 5.74) is 0.739. The molecule has 0 aliphatic carbocycles. The van der Waals surface area contributed by atoms with Crippen LogP contribution in [0, 0.1) is 0 Å². The number of hydrogen-bond donors (Lipinski definition) is 0. The van der Waals surface area contributed by atoms with Crippen molar-refractivity contribution in [2.24, 2.45) is 0 Å². The minimum Gasteiger partial charge on any atom is -0.378 e. The number of nitrogens with zero attached hydrogens (tertiary/aromatic N) is 1. The lowest BCUT2D eigenvalue weighted by atomic mass is 10.3. The van der Waals surface area contributed by atoms with Gasteiger partial charge in [0.2, 0.25) is 0 Å². The average molecular weight is 253 g/mol. The Morgan fingerprint density at radius 3 is 2.94 bits per heavy atom. The molecule has 5 heteroatoms. The molecule has 0 fully saturated rings. The Morgan fingerprint density at radius 1 is 1.56 bits per heavy atom. The maximum absolute atomic E-state index is 11.4. The Balaban J connectivity index is 2.42. The van der Waals surface area contributed by atoms with Crippen LogP contribution in [0.1, 0.15) is 22.3 Å². The molecule has 0 unspecified atom stereocenters. The van der Waals surface area contributed by atoms with Crippen LogP contribution in [0.4, 0.5) is 0 Å². The van der Waals surface area contributed by atoms with Crippen LogP contribution < -0.4 is 0 Å². The van der Waals surface area contributed by atoms with E-state index in [1.54, 1.807) is 25.4 Å². The summed E-state index contributed by atoms with van der Waals surface area (Å²) in [6, 6.07) is 3.98. The third-order valence-electron chi connectivity index (χ3n) is 2.03. The van der Waals surface area contributed by atoms with Gasteiger partial charge in [-0.25, -0.2) is 4.98 Å². The van der Waals surface area contributed by atoms with E-state index in [0.29, 0.717) is 11.5 Å². The highest BCUT2D eigenvalue weighted by atomic mass is 32.1. The van der Waals surface area contributed by atoms with Crippen LogP contribution in [0.5, 0.6) is 0 Å². The molecule has 2 aromatic heterocycles. The number of rotatable bonds is 4. The largest absolute Gasteiger partial charge is 0.378 e. The Hall–Kier alpha value is -1.04. The molecule has 0 aliphatic heterocycles. The van der Waals surface area contributed by atoms with E-state index in [-0.39, 0.29) is 5.78 Å².